The van der Waals surface area contributed by atoms with Gasteiger partial charge in [-0.2, -0.15) is 0 Å². The van der Waals surface area contributed by atoms with Crippen LogP contribution in [0.4, 0.5) is 0 Å². The number of carbonyl (C=O) groups excluding carboxylic acids is 8. The Morgan fingerprint density at radius 2 is 1.19 bits per heavy atom. The van der Waals surface area contributed by atoms with E-state index in [9.17, 15) is 53.4 Å². The molecule has 17 N–H and O–H groups in total. The lowest BCUT2D eigenvalue weighted by Crippen LogP contribution is -2.58. The number of aromatic hydroxyl groups is 1. The number of primary amides is 2. The van der Waals surface area contributed by atoms with Crippen molar-refractivity contribution < 1.29 is 53.4 Å². The monoisotopic (exact) mass is 816 g/mol. The number of phenols is 1. The Kier molecular flexibility index (Phi) is 20.3. The van der Waals surface area contributed by atoms with Gasteiger partial charge in [0.1, 0.15) is 36.0 Å². The van der Waals surface area contributed by atoms with Gasteiger partial charge in [0, 0.05) is 37.6 Å². The fourth-order valence-electron chi connectivity index (χ4n) is 5.37. The number of carboxylic acid groups (broad SMARTS) is 1. The number of aliphatic carboxylic acids is 1. The van der Waals surface area contributed by atoms with E-state index in [1.165, 1.54) is 36.8 Å². The van der Waals surface area contributed by atoms with Crippen LogP contribution in [0.2, 0.25) is 0 Å². The van der Waals surface area contributed by atoms with Crippen LogP contribution in [0, 0.1) is 0 Å². The molecule has 0 unspecified atom stereocenters. The van der Waals surface area contributed by atoms with Crippen LogP contribution in [0.25, 0.3) is 0 Å². The molecule has 5 atom stereocenters. The first kappa shape index (κ1) is 47.5. The number of unbranched alkanes of at least 4 members (excludes halogenated alkanes) is 1. The van der Waals surface area contributed by atoms with E-state index in [0.717, 1.165) is 0 Å². The van der Waals surface area contributed by atoms with E-state index in [1.54, 1.807) is 0 Å². The molecular weight excluding hydrogens is 764 g/mol. The molecule has 1 aromatic heterocycles. The molecule has 8 amide bonds. The number of aromatic amines is 1. The largest absolute Gasteiger partial charge is 0.508 e. The van der Waals surface area contributed by atoms with Crippen molar-refractivity contribution in [2.45, 2.75) is 88.0 Å². The number of imidazole rings is 1. The summed E-state index contributed by atoms with van der Waals surface area (Å²) < 4.78 is 0. The Balaban J connectivity index is 2.20. The number of amides is 8. The molecule has 58 heavy (non-hydrogen) atoms. The summed E-state index contributed by atoms with van der Waals surface area (Å²) in [6.45, 7) is -0.912. The molecule has 0 aliphatic rings. The molecule has 0 aliphatic heterocycles. The van der Waals surface area contributed by atoms with Gasteiger partial charge >= 0.3 is 5.97 Å². The number of nitrogens with one attached hydrogen (secondary N) is 7. The second-order valence-electron chi connectivity index (χ2n) is 13.1. The second kappa shape index (κ2) is 24.8. The molecule has 23 nitrogen and oxygen atoms in total. The summed E-state index contributed by atoms with van der Waals surface area (Å²) in [6, 6.07) is -1.23. The molecule has 1 heterocycles. The van der Waals surface area contributed by atoms with Gasteiger partial charge in [-0.15, -0.1) is 0 Å². The highest BCUT2D eigenvalue weighted by atomic mass is 16.4. The summed E-state index contributed by atoms with van der Waals surface area (Å²) in [6.07, 6.45) is 2.04. The van der Waals surface area contributed by atoms with E-state index >= 15 is 0 Å². The summed E-state index contributed by atoms with van der Waals surface area (Å²) in [5.41, 5.74) is 22.3. The first-order valence-electron chi connectivity index (χ1n) is 18.2. The van der Waals surface area contributed by atoms with Crippen molar-refractivity contribution in [2.24, 2.45) is 22.9 Å². The zero-order valence-electron chi connectivity index (χ0n) is 31.7. The highest BCUT2D eigenvalue weighted by Crippen LogP contribution is 2.12. The van der Waals surface area contributed by atoms with E-state index in [0.29, 0.717) is 24.1 Å². The van der Waals surface area contributed by atoms with E-state index in [2.05, 4.69) is 41.9 Å². The van der Waals surface area contributed by atoms with Crippen molar-refractivity contribution >= 4 is 53.2 Å². The number of nitrogens with two attached hydrogens (primary N) is 4. The molecule has 318 valence electrons. The number of rotatable bonds is 27. The lowest BCUT2D eigenvalue weighted by atomic mass is 10.0. The smallest absolute Gasteiger partial charge is 0.326 e. The predicted octanol–water partition coefficient (Wildman–Crippen LogP) is -4.86. The van der Waals surface area contributed by atoms with Crippen LogP contribution in [0.15, 0.2) is 36.8 Å². The standard InChI is InChI=1S/C35H52N12O11/c36-12-2-1-3-22(45-32(54)23(8-10-27(38)49)43-29(51)15-37)31(53)41-17-30(52)44-24(9-11-28(39)50)33(55)46-25(14-20-16-40-18-42-20)34(56)47-26(35(57)58)13-19-4-6-21(48)7-5-19/h4-7,16,18,22-26,48H,1-3,8-15,17,36-37H2,(H2,38,49)(H2,39,50)(H,40,42)(H,41,53)(H,43,51)(H,44,52)(H,45,54)(H,46,55)(H,47,56)(H,57,58)/t22-,23-,24-,25-,26-/m0/s1. The number of carboxylic acids is 1. The maximum absolute atomic E-state index is 13.6. The average Bonchev–Trinajstić information content (AvgIpc) is 3.69. The van der Waals surface area contributed by atoms with Crippen LogP contribution in [0.3, 0.4) is 0 Å². The number of carbonyl (C=O) groups is 9. The van der Waals surface area contributed by atoms with Crippen LogP contribution in [0.1, 0.15) is 56.2 Å². The third-order valence-corrected chi connectivity index (χ3v) is 8.45. The van der Waals surface area contributed by atoms with Crippen molar-refractivity contribution in [3.8, 4) is 5.75 Å². The molecule has 23 heteroatoms. The first-order chi connectivity index (χ1) is 27.5. The molecule has 0 spiro atoms. The third-order valence-electron chi connectivity index (χ3n) is 8.45. The topological polar surface area (TPSA) is 399 Å². The van der Waals surface area contributed by atoms with E-state index in [1.807, 2.05) is 0 Å². The number of hydrogen-bond acceptors (Lipinski definition) is 13. The van der Waals surface area contributed by atoms with Gasteiger partial charge in [-0.25, -0.2) is 9.78 Å². The quantitative estimate of drug-likeness (QED) is 0.0376. The lowest BCUT2D eigenvalue weighted by Gasteiger charge is -2.25. The zero-order chi connectivity index (χ0) is 43.2. The third kappa shape index (κ3) is 17.9. The zero-order valence-corrected chi connectivity index (χ0v) is 31.7. The van der Waals surface area contributed by atoms with Gasteiger partial charge in [0.2, 0.25) is 47.3 Å². The molecule has 0 radical (unpaired) electrons. The van der Waals surface area contributed by atoms with E-state index in [4.69, 9.17) is 22.9 Å². The van der Waals surface area contributed by atoms with Crippen molar-refractivity contribution in [3.05, 3.63) is 48.0 Å². The maximum atomic E-state index is 13.6. The number of hydrogen-bond donors (Lipinski definition) is 13. The fourth-order valence-corrected chi connectivity index (χ4v) is 5.37. The van der Waals surface area contributed by atoms with E-state index < -0.39 is 96.5 Å². The molecule has 0 aliphatic carbocycles. The predicted molar refractivity (Wildman–Crippen MR) is 203 cm³/mol. The lowest BCUT2D eigenvalue weighted by molar-refractivity contribution is -0.142. The molecule has 0 saturated carbocycles. The Hall–Kier alpha value is -6.62. The molecule has 0 fully saturated rings. The molecule has 0 saturated heterocycles. The van der Waals surface area contributed by atoms with Gasteiger partial charge in [0.15, 0.2) is 0 Å². The average molecular weight is 817 g/mol. The highest BCUT2D eigenvalue weighted by molar-refractivity contribution is 5.96. The SMILES string of the molecule is NCCCC[C@H](NC(=O)[C@H](CCC(N)=O)NC(=O)CN)C(=O)NCC(=O)N[C@@H](CCC(N)=O)C(=O)N[C@@H](Cc1cnc[nH]1)C(=O)N[C@@H](Cc1ccc(O)cc1)C(=O)O. The Labute approximate surface area is 332 Å². The summed E-state index contributed by atoms with van der Waals surface area (Å²) in [4.78, 5) is 120. The number of nitrogens with zero attached hydrogens (tertiary/aromatic N) is 1. The maximum Gasteiger partial charge on any atom is 0.326 e. The number of phenolic OH excluding ortho intramolecular Hbond substituents is 1. The molecule has 0 bridgehead atoms. The normalized spacial score (nSPS) is 13.3. The van der Waals surface area contributed by atoms with Gasteiger partial charge < -0.3 is 70.0 Å². The number of aromatic nitrogens is 2. The number of H-pyrrole nitrogens is 1. The van der Waals surface area contributed by atoms with Crippen LogP contribution in [-0.2, 0) is 56.0 Å². The van der Waals surface area contributed by atoms with Crippen LogP contribution < -0.4 is 54.8 Å². The second-order valence-corrected chi connectivity index (χ2v) is 13.1. The van der Waals surface area contributed by atoms with Gasteiger partial charge in [-0.3, -0.25) is 38.4 Å². The summed E-state index contributed by atoms with van der Waals surface area (Å²) in [5, 5.41) is 33.9. The van der Waals surface area contributed by atoms with Crippen molar-refractivity contribution in [3.63, 3.8) is 0 Å². The molecule has 2 aromatic rings. The van der Waals surface area contributed by atoms with Crippen LogP contribution in [-0.4, -0.2) is 123 Å². The first-order valence-corrected chi connectivity index (χ1v) is 18.2. The minimum absolute atomic E-state index is 0.0478. The van der Waals surface area contributed by atoms with Crippen LogP contribution in [0.5, 0.6) is 5.75 Å². The fraction of sp³-hybridized carbons (Fsp3) is 0.486. The highest BCUT2D eigenvalue weighted by Gasteiger charge is 2.31. The number of benzene rings is 1. The minimum Gasteiger partial charge on any atom is -0.508 e. The van der Waals surface area contributed by atoms with Gasteiger partial charge in [-0.1, -0.05) is 12.1 Å². The summed E-state index contributed by atoms with van der Waals surface area (Å²) in [7, 11) is 0. The Morgan fingerprint density at radius 3 is 1.71 bits per heavy atom. The molecule has 2 rings (SSSR count). The van der Waals surface area contributed by atoms with Gasteiger partial charge in [0.05, 0.1) is 19.4 Å². The van der Waals surface area contributed by atoms with Crippen molar-refractivity contribution in [1.29, 1.82) is 0 Å². The molecule has 1 aromatic carbocycles. The van der Waals surface area contributed by atoms with Gasteiger partial charge in [-0.05, 0) is 56.3 Å². The van der Waals surface area contributed by atoms with Gasteiger partial charge in [0.25, 0.3) is 0 Å². The van der Waals surface area contributed by atoms with Crippen molar-refractivity contribution in [2.75, 3.05) is 19.6 Å². The minimum atomic E-state index is -1.49. The molecular formula is C35H52N12O11. The Bertz CT molecular complexity index is 1720. The van der Waals surface area contributed by atoms with Crippen molar-refractivity contribution in [1.82, 2.24) is 41.9 Å². The summed E-state index contributed by atoms with van der Waals surface area (Å²) in [5.74, 6) is -8.14. The summed E-state index contributed by atoms with van der Waals surface area (Å²) >= 11 is 0. The van der Waals surface area contributed by atoms with Crippen LogP contribution >= 0.6 is 0 Å². The van der Waals surface area contributed by atoms with E-state index in [-0.39, 0.29) is 57.2 Å². The Morgan fingerprint density at radius 1 is 0.655 bits per heavy atom.